The smallest absolute Gasteiger partial charge is 0.157 e. The van der Waals surface area contributed by atoms with Crippen LogP contribution in [0.3, 0.4) is 0 Å². The molecule has 0 radical (unpaired) electrons. The Kier molecular flexibility index (Phi) is 4.99. The third kappa shape index (κ3) is 2.75. The molecule has 0 unspecified atom stereocenters. The van der Waals surface area contributed by atoms with Crippen LogP contribution in [0, 0.1) is 5.41 Å². The quantitative estimate of drug-likeness (QED) is 0.611. The Labute approximate surface area is 143 Å². The van der Waals surface area contributed by atoms with Gasteiger partial charge >= 0.3 is 0 Å². The monoisotopic (exact) mass is 332 g/mol. The molecule has 24 heavy (non-hydrogen) atoms. The number of hydrogen-bond donors (Lipinski definition) is 3. The highest BCUT2D eigenvalue weighted by Crippen LogP contribution is 2.56. The molecular formula is C19H28N2O3. The van der Waals surface area contributed by atoms with Gasteiger partial charge in [-0.25, -0.2) is 5.06 Å². The van der Waals surface area contributed by atoms with Gasteiger partial charge in [0.25, 0.3) is 0 Å². The summed E-state index contributed by atoms with van der Waals surface area (Å²) < 4.78 is 5.99. The molecular weight excluding hydrogens is 304 g/mol. The maximum Gasteiger partial charge on any atom is 0.157 e. The zero-order chi connectivity index (χ0) is 17.2. The summed E-state index contributed by atoms with van der Waals surface area (Å²) in [4.78, 5) is 0. The molecule has 3 N–H and O–H groups in total. The minimum atomic E-state index is -0.568. The van der Waals surface area contributed by atoms with E-state index in [-0.39, 0.29) is 11.6 Å². The van der Waals surface area contributed by atoms with Crippen LogP contribution in [-0.2, 0) is 5.54 Å². The fraction of sp³-hybridized carbons (Fsp3) is 0.632. The first-order valence-corrected chi connectivity index (χ1v) is 9.19. The van der Waals surface area contributed by atoms with Gasteiger partial charge in [-0.3, -0.25) is 10.6 Å². The van der Waals surface area contributed by atoms with Gasteiger partial charge in [0.05, 0.1) is 17.7 Å². The normalized spacial score (nSPS) is 17.9. The summed E-state index contributed by atoms with van der Waals surface area (Å²) in [7, 11) is 0. The topological polar surface area (TPSA) is 76.8 Å². The van der Waals surface area contributed by atoms with Crippen molar-refractivity contribution in [2.24, 2.45) is 0 Å². The molecule has 1 aromatic rings. The van der Waals surface area contributed by atoms with Crippen LogP contribution in [0.2, 0.25) is 0 Å². The number of phenols is 1. The lowest BCUT2D eigenvalue weighted by Gasteiger charge is -2.43. The maximum atomic E-state index is 10.4. The lowest BCUT2D eigenvalue weighted by Crippen LogP contribution is -2.46. The molecule has 0 bridgehead atoms. The van der Waals surface area contributed by atoms with Gasteiger partial charge in [-0.2, -0.15) is 0 Å². The highest BCUT2D eigenvalue weighted by molar-refractivity contribution is 6.04. The minimum absolute atomic E-state index is 0.0211. The summed E-state index contributed by atoms with van der Waals surface area (Å²) in [5, 5.41) is 29.7. The number of hydroxylamine groups is 2. The molecule has 0 atom stereocenters. The SMILES string of the molecule is CCCCCCCCOc1ccc(O)c2c1C1(CCC1)N(O)C2=N. The maximum absolute atomic E-state index is 10.4. The van der Waals surface area contributed by atoms with Crippen LogP contribution in [0.5, 0.6) is 11.5 Å². The zero-order valence-electron chi connectivity index (χ0n) is 14.5. The molecule has 1 fully saturated rings. The molecule has 5 nitrogen and oxygen atoms in total. The van der Waals surface area contributed by atoms with Gasteiger partial charge in [0.15, 0.2) is 5.84 Å². The fourth-order valence-electron chi connectivity index (χ4n) is 3.86. The van der Waals surface area contributed by atoms with E-state index in [0.717, 1.165) is 42.7 Å². The van der Waals surface area contributed by atoms with Crippen molar-refractivity contribution in [3.05, 3.63) is 23.3 Å². The molecule has 1 aliphatic heterocycles. The fourth-order valence-corrected chi connectivity index (χ4v) is 3.86. The van der Waals surface area contributed by atoms with Crippen LogP contribution >= 0.6 is 0 Å². The van der Waals surface area contributed by atoms with Crippen molar-refractivity contribution in [1.29, 1.82) is 5.41 Å². The zero-order valence-corrected chi connectivity index (χ0v) is 14.5. The van der Waals surface area contributed by atoms with Crippen molar-refractivity contribution >= 4 is 5.84 Å². The van der Waals surface area contributed by atoms with Gasteiger partial charge in [-0.05, 0) is 37.8 Å². The van der Waals surface area contributed by atoms with Gasteiger partial charge in [-0.1, -0.05) is 39.0 Å². The van der Waals surface area contributed by atoms with E-state index in [1.54, 1.807) is 12.1 Å². The molecule has 1 aromatic carbocycles. The summed E-state index contributed by atoms with van der Waals surface area (Å²) in [5.41, 5.74) is 0.659. The van der Waals surface area contributed by atoms with Crippen molar-refractivity contribution in [2.75, 3.05) is 6.61 Å². The highest BCUT2D eigenvalue weighted by Gasteiger charge is 2.54. The number of nitrogens with zero attached hydrogens (tertiary/aromatic N) is 1. The van der Waals surface area contributed by atoms with Gasteiger partial charge in [0.1, 0.15) is 11.5 Å². The number of nitrogens with one attached hydrogen (secondary N) is 1. The number of ether oxygens (including phenoxy) is 1. The van der Waals surface area contributed by atoms with E-state index in [1.807, 2.05) is 0 Å². The summed E-state index contributed by atoms with van der Waals surface area (Å²) >= 11 is 0. The minimum Gasteiger partial charge on any atom is -0.507 e. The Morgan fingerprint density at radius 3 is 2.54 bits per heavy atom. The van der Waals surface area contributed by atoms with E-state index in [4.69, 9.17) is 10.1 Å². The molecule has 132 valence electrons. The van der Waals surface area contributed by atoms with Gasteiger partial charge < -0.3 is 9.84 Å². The van der Waals surface area contributed by atoms with E-state index < -0.39 is 5.54 Å². The molecule has 2 aliphatic rings. The molecule has 1 heterocycles. The first kappa shape index (κ1) is 17.1. The second-order valence-electron chi connectivity index (χ2n) is 6.99. The van der Waals surface area contributed by atoms with Crippen LogP contribution in [0.4, 0.5) is 0 Å². The molecule has 1 aliphatic carbocycles. The first-order valence-electron chi connectivity index (χ1n) is 9.19. The van der Waals surface area contributed by atoms with Gasteiger partial charge in [0, 0.05) is 5.56 Å². The number of benzene rings is 1. The number of rotatable bonds is 8. The van der Waals surface area contributed by atoms with Crippen LogP contribution in [0.25, 0.3) is 0 Å². The number of aromatic hydroxyl groups is 1. The first-order chi connectivity index (χ1) is 11.6. The predicted octanol–water partition coefficient (Wildman–Crippen LogP) is 4.54. The second kappa shape index (κ2) is 7.01. The standard InChI is InChI=1S/C19H28N2O3/c1-2-3-4-5-6-7-13-24-15-10-9-14(22)16-17(15)19(11-8-12-19)21(23)18(16)20/h9-10,20,22-23H,2-8,11-13H2,1H3. The summed E-state index contributed by atoms with van der Waals surface area (Å²) in [6.07, 6.45) is 9.82. The van der Waals surface area contributed by atoms with Crippen LogP contribution in [0.1, 0.15) is 75.8 Å². The Balaban J connectivity index is 1.69. The Morgan fingerprint density at radius 1 is 1.17 bits per heavy atom. The van der Waals surface area contributed by atoms with Crippen molar-refractivity contribution in [3.63, 3.8) is 0 Å². The Morgan fingerprint density at radius 2 is 1.88 bits per heavy atom. The van der Waals surface area contributed by atoms with E-state index in [9.17, 15) is 10.3 Å². The predicted molar refractivity (Wildman–Crippen MR) is 93.0 cm³/mol. The number of unbranched alkanes of at least 4 members (excludes halogenated alkanes) is 5. The Bertz CT molecular complexity index is 611. The van der Waals surface area contributed by atoms with E-state index in [0.29, 0.717) is 17.9 Å². The van der Waals surface area contributed by atoms with Crippen LogP contribution in [-0.4, -0.2) is 27.8 Å². The third-order valence-corrected chi connectivity index (χ3v) is 5.40. The summed E-state index contributed by atoms with van der Waals surface area (Å²) in [6, 6.07) is 3.34. The number of amidine groups is 1. The average Bonchev–Trinajstić information content (AvgIpc) is 2.78. The lowest BCUT2D eigenvalue weighted by atomic mass is 9.72. The number of fused-ring (bicyclic) bond motifs is 2. The summed E-state index contributed by atoms with van der Waals surface area (Å²) in [5.74, 6) is 0.731. The number of phenolic OH excluding ortho intramolecular Hbond substituents is 1. The van der Waals surface area contributed by atoms with Crippen molar-refractivity contribution in [2.45, 2.75) is 70.3 Å². The third-order valence-electron chi connectivity index (χ3n) is 5.40. The van der Waals surface area contributed by atoms with Gasteiger partial charge in [0.2, 0.25) is 0 Å². The summed E-state index contributed by atoms with van der Waals surface area (Å²) in [6.45, 7) is 2.85. The molecule has 5 heteroatoms. The van der Waals surface area contributed by atoms with Gasteiger partial charge in [-0.15, -0.1) is 0 Å². The van der Waals surface area contributed by atoms with E-state index in [1.165, 1.54) is 25.7 Å². The molecule has 0 amide bonds. The lowest BCUT2D eigenvalue weighted by molar-refractivity contribution is -0.138. The molecule has 0 saturated heterocycles. The van der Waals surface area contributed by atoms with E-state index >= 15 is 0 Å². The van der Waals surface area contributed by atoms with Crippen LogP contribution in [0.15, 0.2) is 12.1 Å². The number of hydrogen-bond acceptors (Lipinski definition) is 4. The van der Waals surface area contributed by atoms with Crippen molar-refractivity contribution in [3.8, 4) is 11.5 Å². The van der Waals surface area contributed by atoms with Crippen molar-refractivity contribution in [1.82, 2.24) is 5.06 Å². The largest absolute Gasteiger partial charge is 0.507 e. The molecule has 3 rings (SSSR count). The Hall–Kier alpha value is -1.75. The molecule has 1 spiro atoms. The molecule has 1 saturated carbocycles. The highest BCUT2D eigenvalue weighted by atomic mass is 16.5. The molecule has 0 aromatic heterocycles. The van der Waals surface area contributed by atoms with E-state index in [2.05, 4.69) is 6.92 Å². The van der Waals surface area contributed by atoms with Crippen molar-refractivity contribution < 1.29 is 15.1 Å². The second-order valence-corrected chi connectivity index (χ2v) is 6.99. The average molecular weight is 332 g/mol. The van der Waals surface area contributed by atoms with Crippen LogP contribution < -0.4 is 4.74 Å².